The van der Waals surface area contributed by atoms with Crippen molar-refractivity contribution in [3.63, 3.8) is 0 Å². The molecule has 0 bridgehead atoms. The molecule has 1 aromatic carbocycles. The Labute approximate surface area is 176 Å². The average molecular weight is 422 g/mol. The van der Waals surface area contributed by atoms with Crippen LogP contribution in [0.5, 0.6) is 0 Å². The number of carbonyl (C=O) groups excluding carboxylic acids is 3. The fraction of sp³-hybridized carbons (Fsp3) is 0.524. The van der Waals surface area contributed by atoms with Crippen LogP contribution in [0.25, 0.3) is 0 Å². The summed E-state index contributed by atoms with van der Waals surface area (Å²) in [5.41, 5.74) is -1.38. The first-order valence-corrected chi connectivity index (χ1v) is 9.41. The maximum Gasteiger partial charge on any atom is 0.409 e. The van der Waals surface area contributed by atoms with Crippen molar-refractivity contribution < 1.29 is 33.8 Å². The summed E-state index contributed by atoms with van der Waals surface area (Å²) < 4.78 is 10.7. The van der Waals surface area contributed by atoms with E-state index in [-0.39, 0.29) is 11.3 Å². The standard InChI is InChI=1S/C21H30N2O7/c1-13(24)29-17(14-10-8-9-11-15(14)22-19(27)28)23(18(26)20(2,3)4)12-16(25)30-21(5,6)7/h8-11,17,22H,12H2,1-7H3,(H,27,28). The van der Waals surface area contributed by atoms with Gasteiger partial charge in [-0.3, -0.25) is 24.6 Å². The second-order valence-corrected chi connectivity index (χ2v) is 8.75. The zero-order valence-electron chi connectivity index (χ0n) is 18.4. The van der Waals surface area contributed by atoms with Gasteiger partial charge in [0.25, 0.3) is 0 Å². The number of carboxylic acid groups (broad SMARTS) is 1. The van der Waals surface area contributed by atoms with Gasteiger partial charge in [0, 0.05) is 17.9 Å². The van der Waals surface area contributed by atoms with Crippen molar-refractivity contribution in [2.75, 3.05) is 11.9 Å². The van der Waals surface area contributed by atoms with Crippen molar-refractivity contribution in [3.05, 3.63) is 29.8 Å². The highest BCUT2D eigenvalue weighted by Crippen LogP contribution is 2.32. The van der Waals surface area contributed by atoms with E-state index in [1.54, 1.807) is 53.7 Å². The molecule has 30 heavy (non-hydrogen) atoms. The first kappa shape index (κ1) is 24.9. The van der Waals surface area contributed by atoms with Gasteiger partial charge in [0.15, 0.2) is 0 Å². The molecule has 0 fully saturated rings. The minimum absolute atomic E-state index is 0.118. The van der Waals surface area contributed by atoms with Crippen LogP contribution in [0.3, 0.4) is 0 Å². The molecule has 0 aliphatic carbocycles. The summed E-state index contributed by atoms with van der Waals surface area (Å²) >= 11 is 0. The molecule has 166 valence electrons. The Kier molecular flexibility index (Phi) is 7.98. The van der Waals surface area contributed by atoms with Gasteiger partial charge in [-0.2, -0.15) is 0 Å². The molecule has 0 saturated heterocycles. The summed E-state index contributed by atoms with van der Waals surface area (Å²) in [6, 6.07) is 6.17. The molecule has 1 unspecified atom stereocenters. The lowest BCUT2D eigenvalue weighted by Gasteiger charge is -2.36. The Hall–Kier alpha value is -3.10. The van der Waals surface area contributed by atoms with Gasteiger partial charge >= 0.3 is 18.0 Å². The van der Waals surface area contributed by atoms with E-state index in [0.717, 1.165) is 11.8 Å². The van der Waals surface area contributed by atoms with Gasteiger partial charge < -0.3 is 14.6 Å². The topological polar surface area (TPSA) is 122 Å². The number of anilines is 1. The van der Waals surface area contributed by atoms with E-state index in [4.69, 9.17) is 14.6 Å². The highest BCUT2D eigenvalue weighted by molar-refractivity contribution is 5.87. The number of carbonyl (C=O) groups is 4. The lowest BCUT2D eigenvalue weighted by Crippen LogP contribution is -2.47. The number of ether oxygens (including phenoxy) is 2. The Balaban J connectivity index is 3.51. The molecule has 0 saturated carbocycles. The van der Waals surface area contributed by atoms with Crippen molar-refractivity contribution >= 4 is 29.6 Å². The molecular formula is C21H30N2O7. The molecule has 1 rings (SSSR count). The third-order valence-electron chi connectivity index (χ3n) is 3.65. The van der Waals surface area contributed by atoms with Crippen molar-refractivity contribution in [2.24, 2.45) is 5.41 Å². The van der Waals surface area contributed by atoms with Crippen LogP contribution in [-0.2, 0) is 23.9 Å². The molecule has 0 heterocycles. The smallest absolute Gasteiger partial charge is 0.409 e. The van der Waals surface area contributed by atoms with Crippen molar-refractivity contribution in [3.8, 4) is 0 Å². The van der Waals surface area contributed by atoms with Crippen LogP contribution in [0.2, 0.25) is 0 Å². The molecule has 0 radical (unpaired) electrons. The van der Waals surface area contributed by atoms with Crippen molar-refractivity contribution in [1.29, 1.82) is 0 Å². The second-order valence-electron chi connectivity index (χ2n) is 8.75. The highest BCUT2D eigenvalue weighted by atomic mass is 16.6. The molecule has 9 heteroatoms. The number of amides is 2. The van der Waals surface area contributed by atoms with E-state index < -0.39 is 47.7 Å². The molecule has 0 aliphatic heterocycles. The Bertz CT molecular complexity index is 806. The first-order valence-electron chi connectivity index (χ1n) is 9.41. The highest BCUT2D eigenvalue weighted by Gasteiger charge is 2.37. The summed E-state index contributed by atoms with van der Waals surface area (Å²) in [5, 5.41) is 11.4. The zero-order valence-corrected chi connectivity index (χ0v) is 18.4. The van der Waals surface area contributed by atoms with Crippen LogP contribution in [0.15, 0.2) is 24.3 Å². The summed E-state index contributed by atoms with van der Waals surface area (Å²) in [4.78, 5) is 49.8. The van der Waals surface area contributed by atoms with E-state index in [0.29, 0.717) is 0 Å². The number of rotatable bonds is 6. The van der Waals surface area contributed by atoms with Crippen LogP contribution >= 0.6 is 0 Å². The third-order valence-corrected chi connectivity index (χ3v) is 3.65. The van der Waals surface area contributed by atoms with E-state index in [2.05, 4.69) is 5.32 Å². The fourth-order valence-corrected chi connectivity index (χ4v) is 2.60. The van der Waals surface area contributed by atoms with Gasteiger partial charge in [-0.25, -0.2) is 4.79 Å². The zero-order chi connectivity index (χ0) is 23.3. The molecule has 9 nitrogen and oxygen atoms in total. The largest absolute Gasteiger partial charge is 0.465 e. The Morgan fingerprint density at radius 1 is 1.07 bits per heavy atom. The van der Waals surface area contributed by atoms with E-state index in [1.807, 2.05) is 0 Å². The quantitative estimate of drug-likeness (QED) is 0.531. The average Bonchev–Trinajstić information content (AvgIpc) is 2.54. The Morgan fingerprint density at radius 3 is 2.10 bits per heavy atom. The molecule has 0 aromatic heterocycles. The predicted molar refractivity (Wildman–Crippen MR) is 110 cm³/mol. The number of hydrogen-bond donors (Lipinski definition) is 2. The first-order chi connectivity index (χ1) is 13.6. The predicted octanol–water partition coefficient (Wildman–Crippen LogP) is 3.55. The van der Waals surface area contributed by atoms with Crippen molar-refractivity contribution in [1.82, 2.24) is 4.90 Å². The molecule has 2 N–H and O–H groups in total. The van der Waals surface area contributed by atoms with Gasteiger partial charge in [0.1, 0.15) is 12.1 Å². The lowest BCUT2D eigenvalue weighted by atomic mass is 9.94. The normalized spacial score (nSPS) is 12.5. The number of para-hydroxylation sites is 1. The molecular weight excluding hydrogens is 392 g/mol. The summed E-state index contributed by atoms with van der Waals surface area (Å²) in [6.45, 7) is 10.7. The molecule has 1 atom stereocenters. The van der Waals surface area contributed by atoms with Gasteiger partial charge in [-0.05, 0) is 26.8 Å². The van der Waals surface area contributed by atoms with Crippen LogP contribution in [0.1, 0.15) is 60.3 Å². The third kappa shape index (κ3) is 7.73. The number of nitrogens with one attached hydrogen (secondary N) is 1. The maximum atomic E-state index is 13.2. The van der Waals surface area contributed by atoms with Crippen LogP contribution in [0, 0.1) is 5.41 Å². The summed E-state index contributed by atoms with van der Waals surface area (Å²) in [5.74, 6) is -1.88. The second kappa shape index (κ2) is 9.60. The van der Waals surface area contributed by atoms with Crippen molar-refractivity contribution in [2.45, 2.75) is 60.3 Å². The van der Waals surface area contributed by atoms with Crippen LogP contribution in [0.4, 0.5) is 10.5 Å². The summed E-state index contributed by atoms with van der Waals surface area (Å²) in [6.07, 6.45) is -2.67. The van der Waals surface area contributed by atoms with Gasteiger partial charge in [-0.15, -0.1) is 0 Å². The number of esters is 2. The van der Waals surface area contributed by atoms with Gasteiger partial charge in [-0.1, -0.05) is 39.0 Å². The van der Waals surface area contributed by atoms with Crippen LogP contribution in [-0.4, -0.2) is 46.1 Å². The van der Waals surface area contributed by atoms with E-state index in [9.17, 15) is 19.2 Å². The maximum absolute atomic E-state index is 13.2. The fourth-order valence-electron chi connectivity index (χ4n) is 2.60. The van der Waals surface area contributed by atoms with E-state index >= 15 is 0 Å². The number of hydrogen-bond acceptors (Lipinski definition) is 6. The number of benzene rings is 1. The van der Waals surface area contributed by atoms with Gasteiger partial charge in [0.2, 0.25) is 12.1 Å². The monoisotopic (exact) mass is 422 g/mol. The van der Waals surface area contributed by atoms with Gasteiger partial charge in [0.05, 0.1) is 5.69 Å². The number of nitrogens with zero attached hydrogens (tertiary/aromatic N) is 1. The lowest BCUT2D eigenvalue weighted by molar-refractivity contribution is -0.177. The summed E-state index contributed by atoms with van der Waals surface area (Å²) in [7, 11) is 0. The molecule has 0 aliphatic rings. The van der Waals surface area contributed by atoms with Crippen LogP contribution < -0.4 is 5.32 Å². The molecule has 2 amide bonds. The van der Waals surface area contributed by atoms with E-state index in [1.165, 1.54) is 12.1 Å². The molecule has 1 aromatic rings. The SMILES string of the molecule is CC(=O)OC(c1ccccc1NC(=O)O)N(CC(=O)OC(C)(C)C)C(=O)C(C)(C)C. The minimum Gasteiger partial charge on any atom is -0.465 e. The molecule has 0 spiro atoms. The Morgan fingerprint density at radius 2 is 1.63 bits per heavy atom. The minimum atomic E-state index is -1.34.